The van der Waals surface area contributed by atoms with Crippen LogP contribution in [-0.2, 0) is 0 Å². The fraction of sp³-hybridized carbons (Fsp3) is 0. The average molecular weight is 337 g/mol. The highest BCUT2D eigenvalue weighted by Crippen LogP contribution is 2.37. The summed E-state index contributed by atoms with van der Waals surface area (Å²) in [6.45, 7) is 0. The molecule has 0 spiro atoms. The van der Waals surface area contributed by atoms with Gasteiger partial charge in [-0.1, -0.05) is 23.2 Å². The molecule has 0 radical (unpaired) electrons. The maximum Gasteiger partial charge on any atom is 0.148 e. The molecule has 0 unspecified atom stereocenters. The summed E-state index contributed by atoms with van der Waals surface area (Å²) in [5.41, 5.74) is 7.89. The molecule has 0 saturated carbocycles. The average Bonchev–Trinajstić information content (AvgIpc) is 2.94. The molecule has 0 atom stereocenters. The van der Waals surface area contributed by atoms with Crippen LogP contribution in [0.5, 0.6) is 0 Å². The molecule has 1 aromatic carbocycles. The Labute approximate surface area is 133 Å². The molecule has 104 valence electrons. The first-order valence-electron chi connectivity index (χ1n) is 5.63. The lowest BCUT2D eigenvalue weighted by Gasteiger charge is -2.10. The van der Waals surface area contributed by atoms with Crippen LogP contribution >= 0.6 is 34.9 Å². The highest BCUT2D eigenvalue weighted by atomic mass is 35.5. The van der Waals surface area contributed by atoms with Gasteiger partial charge in [-0.2, -0.15) is 14.0 Å². The third-order valence-electron chi connectivity index (χ3n) is 2.72. The van der Waals surface area contributed by atoms with Crippen molar-refractivity contribution in [2.24, 2.45) is 0 Å². The third kappa shape index (κ3) is 2.45. The van der Waals surface area contributed by atoms with Crippen molar-refractivity contribution in [1.29, 1.82) is 5.26 Å². The Balaban J connectivity index is 2.15. The zero-order valence-electron chi connectivity index (χ0n) is 10.3. The highest BCUT2D eigenvalue weighted by molar-refractivity contribution is 7.00. The monoisotopic (exact) mass is 336 g/mol. The summed E-state index contributed by atoms with van der Waals surface area (Å²) in [6.07, 6.45) is 1.45. The Hall–Kier alpha value is -2.14. The number of rotatable bonds is 2. The van der Waals surface area contributed by atoms with Crippen LogP contribution in [0.25, 0.3) is 11.0 Å². The van der Waals surface area contributed by atoms with Crippen LogP contribution in [0.15, 0.2) is 18.3 Å². The Morgan fingerprint density at radius 2 is 1.95 bits per heavy atom. The minimum atomic E-state index is 0.303. The summed E-state index contributed by atoms with van der Waals surface area (Å²) in [7, 11) is 0. The Morgan fingerprint density at radius 3 is 2.71 bits per heavy atom. The van der Waals surface area contributed by atoms with Crippen molar-refractivity contribution in [2.75, 3.05) is 11.1 Å². The van der Waals surface area contributed by atoms with Gasteiger partial charge in [0.1, 0.15) is 22.9 Å². The molecule has 0 saturated heterocycles. The molecule has 0 bridgehead atoms. The molecule has 9 heteroatoms. The number of nitriles is 1. The zero-order chi connectivity index (χ0) is 15.0. The van der Waals surface area contributed by atoms with Crippen molar-refractivity contribution in [3.8, 4) is 6.07 Å². The molecule has 21 heavy (non-hydrogen) atoms. The van der Waals surface area contributed by atoms with Gasteiger partial charge in [-0.15, -0.1) is 0 Å². The van der Waals surface area contributed by atoms with Crippen molar-refractivity contribution >= 4 is 63.2 Å². The van der Waals surface area contributed by atoms with Crippen LogP contribution in [0, 0.1) is 11.3 Å². The number of fused-ring (bicyclic) bond motifs is 1. The molecule has 0 fully saturated rings. The Bertz CT molecular complexity index is 885. The fourth-order valence-corrected chi connectivity index (χ4v) is 2.94. The highest BCUT2D eigenvalue weighted by Gasteiger charge is 2.16. The molecule has 0 aliphatic heterocycles. The normalized spacial score (nSPS) is 10.5. The molecule has 2 heterocycles. The third-order valence-corrected chi connectivity index (χ3v) is 3.83. The first-order chi connectivity index (χ1) is 10.1. The van der Waals surface area contributed by atoms with Crippen molar-refractivity contribution in [2.45, 2.75) is 0 Å². The number of nitrogen functional groups attached to an aromatic ring is 1. The Kier molecular flexibility index (Phi) is 3.51. The van der Waals surface area contributed by atoms with Crippen LogP contribution in [0.4, 0.5) is 17.2 Å². The van der Waals surface area contributed by atoms with Gasteiger partial charge in [0, 0.05) is 0 Å². The van der Waals surface area contributed by atoms with E-state index in [1.165, 1.54) is 12.3 Å². The number of nitrogens with two attached hydrogens (primary N) is 1. The largest absolute Gasteiger partial charge is 0.397 e. The second kappa shape index (κ2) is 5.33. The lowest BCUT2D eigenvalue weighted by atomic mass is 10.2. The van der Waals surface area contributed by atoms with Crippen LogP contribution in [0.2, 0.25) is 10.0 Å². The standard InChI is InChI=1S/C12H6Cl2N6S/c13-7-2-8(14)10-11(20-21-19-10)9(7)18-12-5(3-15)1-6(16)4-17-12/h1-2,4H,16H2,(H,17,18). The first kappa shape index (κ1) is 13.8. The lowest BCUT2D eigenvalue weighted by molar-refractivity contribution is 1.29. The van der Waals surface area contributed by atoms with Crippen molar-refractivity contribution < 1.29 is 0 Å². The van der Waals surface area contributed by atoms with Gasteiger partial charge in [0.05, 0.1) is 44.9 Å². The molecule has 3 rings (SSSR count). The maximum absolute atomic E-state index is 9.14. The molecular weight excluding hydrogens is 331 g/mol. The number of nitrogens with zero attached hydrogens (tertiary/aromatic N) is 4. The van der Waals surface area contributed by atoms with E-state index in [0.717, 1.165) is 11.7 Å². The van der Waals surface area contributed by atoms with E-state index in [4.69, 9.17) is 34.2 Å². The zero-order valence-corrected chi connectivity index (χ0v) is 12.6. The van der Waals surface area contributed by atoms with Gasteiger partial charge < -0.3 is 11.1 Å². The molecule has 2 aromatic heterocycles. The van der Waals surface area contributed by atoms with E-state index < -0.39 is 0 Å². The second-order valence-electron chi connectivity index (χ2n) is 4.08. The predicted octanol–water partition coefficient (Wildman–Crippen LogP) is 3.59. The summed E-state index contributed by atoms with van der Waals surface area (Å²) < 4.78 is 8.29. The number of nitrogens with one attached hydrogen (secondary N) is 1. The van der Waals surface area contributed by atoms with Gasteiger partial charge in [0.15, 0.2) is 0 Å². The van der Waals surface area contributed by atoms with Crippen LogP contribution in [0.1, 0.15) is 5.56 Å². The number of benzene rings is 1. The SMILES string of the molecule is N#Cc1cc(N)cnc1Nc1c(Cl)cc(Cl)c2nsnc12. The minimum absolute atomic E-state index is 0.303. The molecule has 3 N–H and O–H groups in total. The van der Waals surface area contributed by atoms with Gasteiger partial charge in [-0.25, -0.2) is 4.98 Å². The number of pyridine rings is 1. The quantitative estimate of drug-likeness (QED) is 0.741. The van der Waals surface area contributed by atoms with Crippen molar-refractivity contribution in [1.82, 2.24) is 13.7 Å². The molecule has 3 aromatic rings. The minimum Gasteiger partial charge on any atom is -0.397 e. The first-order valence-corrected chi connectivity index (χ1v) is 7.11. The van der Waals surface area contributed by atoms with E-state index >= 15 is 0 Å². The van der Waals surface area contributed by atoms with E-state index in [1.807, 2.05) is 6.07 Å². The molecule has 6 nitrogen and oxygen atoms in total. The van der Waals surface area contributed by atoms with E-state index in [2.05, 4.69) is 19.0 Å². The van der Waals surface area contributed by atoms with E-state index in [0.29, 0.717) is 43.8 Å². The van der Waals surface area contributed by atoms with Gasteiger partial charge in [0.25, 0.3) is 0 Å². The van der Waals surface area contributed by atoms with Crippen molar-refractivity contribution in [3.05, 3.63) is 33.9 Å². The van der Waals surface area contributed by atoms with Crippen LogP contribution in [0.3, 0.4) is 0 Å². The fourth-order valence-electron chi connectivity index (χ4n) is 1.78. The van der Waals surface area contributed by atoms with Crippen LogP contribution < -0.4 is 11.1 Å². The van der Waals surface area contributed by atoms with Gasteiger partial charge in [-0.05, 0) is 12.1 Å². The molecule has 0 aliphatic carbocycles. The topological polar surface area (TPSA) is 101 Å². The summed E-state index contributed by atoms with van der Waals surface area (Å²) in [4.78, 5) is 4.10. The molecule has 0 amide bonds. The predicted molar refractivity (Wildman–Crippen MR) is 84.1 cm³/mol. The number of hydrogen-bond acceptors (Lipinski definition) is 7. The van der Waals surface area contributed by atoms with Gasteiger partial charge >= 0.3 is 0 Å². The Morgan fingerprint density at radius 1 is 1.19 bits per heavy atom. The number of halogens is 2. The second-order valence-corrected chi connectivity index (χ2v) is 5.42. The number of hydrogen-bond donors (Lipinski definition) is 2. The van der Waals surface area contributed by atoms with E-state index in [1.54, 1.807) is 6.07 Å². The number of aromatic nitrogens is 3. The smallest absolute Gasteiger partial charge is 0.148 e. The summed E-state index contributed by atoms with van der Waals surface area (Å²) in [6, 6.07) is 5.11. The summed E-state index contributed by atoms with van der Waals surface area (Å²) in [5.74, 6) is 0.338. The van der Waals surface area contributed by atoms with E-state index in [9.17, 15) is 0 Å². The van der Waals surface area contributed by atoms with Crippen LogP contribution in [-0.4, -0.2) is 13.7 Å². The molecular formula is C12H6Cl2N6S. The molecule has 0 aliphatic rings. The maximum atomic E-state index is 9.14. The summed E-state index contributed by atoms with van der Waals surface area (Å²) in [5, 5.41) is 12.9. The van der Waals surface area contributed by atoms with Crippen molar-refractivity contribution in [3.63, 3.8) is 0 Å². The van der Waals surface area contributed by atoms with Gasteiger partial charge in [-0.3, -0.25) is 0 Å². The lowest BCUT2D eigenvalue weighted by Crippen LogP contribution is -2.00. The summed E-state index contributed by atoms with van der Waals surface area (Å²) >= 11 is 13.3. The van der Waals surface area contributed by atoms with E-state index in [-0.39, 0.29) is 0 Å². The van der Waals surface area contributed by atoms with Gasteiger partial charge in [0.2, 0.25) is 0 Å². The number of anilines is 3.